The van der Waals surface area contributed by atoms with Gasteiger partial charge in [-0.2, -0.15) is 0 Å². The molecule has 1 heterocycles. The largest absolute Gasteiger partial charge is 0.494 e. The van der Waals surface area contributed by atoms with E-state index in [2.05, 4.69) is 5.32 Å². The Labute approximate surface area is 185 Å². The third-order valence-corrected chi connectivity index (χ3v) is 5.00. The zero-order valence-corrected chi connectivity index (χ0v) is 17.8. The van der Waals surface area contributed by atoms with Crippen LogP contribution in [0.3, 0.4) is 0 Å². The molecule has 0 fully saturated rings. The van der Waals surface area contributed by atoms with E-state index in [1.165, 1.54) is 7.11 Å². The Kier molecular flexibility index (Phi) is 6.12. The maximum atomic E-state index is 13.3. The molecule has 0 atom stereocenters. The van der Waals surface area contributed by atoms with Crippen LogP contribution in [0.2, 0.25) is 0 Å². The van der Waals surface area contributed by atoms with Gasteiger partial charge in [0.15, 0.2) is 0 Å². The molecule has 6 heteroatoms. The van der Waals surface area contributed by atoms with E-state index in [4.69, 9.17) is 14.5 Å². The van der Waals surface area contributed by atoms with Crippen molar-refractivity contribution in [2.45, 2.75) is 6.92 Å². The quantitative estimate of drug-likeness (QED) is 0.421. The first-order valence-corrected chi connectivity index (χ1v) is 10.2. The molecule has 0 spiro atoms. The van der Waals surface area contributed by atoms with E-state index in [1.54, 1.807) is 30.3 Å². The first-order chi connectivity index (χ1) is 15.6. The molecule has 0 saturated heterocycles. The van der Waals surface area contributed by atoms with Gasteiger partial charge in [0.25, 0.3) is 5.91 Å². The molecule has 1 N–H and O–H groups in total. The van der Waals surface area contributed by atoms with Crippen LogP contribution in [0.25, 0.3) is 22.2 Å². The molecule has 0 aliphatic rings. The Balaban J connectivity index is 1.75. The zero-order valence-electron chi connectivity index (χ0n) is 17.8. The van der Waals surface area contributed by atoms with E-state index >= 15 is 0 Å². The van der Waals surface area contributed by atoms with Crippen LogP contribution in [0.4, 0.5) is 5.69 Å². The summed E-state index contributed by atoms with van der Waals surface area (Å²) in [4.78, 5) is 30.1. The summed E-state index contributed by atoms with van der Waals surface area (Å²) in [6.45, 7) is 2.52. The summed E-state index contributed by atoms with van der Waals surface area (Å²) in [7, 11) is 1.31. The monoisotopic (exact) mass is 426 g/mol. The van der Waals surface area contributed by atoms with Gasteiger partial charge in [-0.1, -0.05) is 30.3 Å². The lowest BCUT2D eigenvalue weighted by molar-refractivity contribution is 0.0602. The molecule has 32 heavy (non-hydrogen) atoms. The fraction of sp³-hybridized carbons (Fsp3) is 0.115. The number of hydrogen-bond donors (Lipinski definition) is 1. The Hall–Kier alpha value is -4.19. The van der Waals surface area contributed by atoms with Gasteiger partial charge < -0.3 is 14.8 Å². The molecule has 4 rings (SSSR count). The highest BCUT2D eigenvalue weighted by Crippen LogP contribution is 2.27. The zero-order chi connectivity index (χ0) is 22.5. The lowest BCUT2D eigenvalue weighted by Gasteiger charge is -2.13. The smallest absolute Gasteiger partial charge is 0.339 e. The summed E-state index contributed by atoms with van der Waals surface area (Å²) in [5, 5.41) is 3.57. The normalized spacial score (nSPS) is 10.6. The summed E-state index contributed by atoms with van der Waals surface area (Å²) in [6, 6.07) is 23.5. The number of rotatable bonds is 6. The van der Waals surface area contributed by atoms with Crippen molar-refractivity contribution in [2.24, 2.45) is 0 Å². The Morgan fingerprint density at radius 3 is 2.38 bits per heavy atom. The van der Waals surface area contributed by atoms with E-state index < -0.39 is 5.97 Å². The molecule has 0 bridgehead atoms. The number of pyridine rings is 1. The minimum absolute atomic E-state index is 0.286. The van der Waals surface area contributed by atoms with Crippen molar-refractivity contribution in [3.8, 4) is 17.0 Å². The SMILES string of the molecule is CCOc1ccc(-c2cc(C(=O)Nc3ccccc3C(=O)OC)c3ccccc3n2)cc1. The van der Waals surface area contributed by atoms with Crippen molar-refractivity contribution in [1.29, 1.82) is 0 Å². The number of ether oxygens (including phenoxy) is 2. The molecule has 3 aromatic carbocycles. The van der Waals surface area contributed by atoms with Crippen LogP contribution >= 0.6 is 0 Å². The Morgan fingerprint density at radius 2 is 1.62 bits per heavy atom. The van der Waals surface area contributed by atoms with E-state index in [-0.39, 0.29) is 11.5 Å². The summed E-state index contributed by atoms with van der Waals surface area (Å²) >= 11 is 0. The molecule has 0 saturated carbocycles. The number of hydrogen-bond acceptors (Lipinski definition) is 5. The van der Waals surface area contributed by atoms with E-state index in [9.17, 15) is 9.59 Å². The van der Waals surface area contributed by atoms with Crippen LogP contribution in [0, 0.1) is 0 Å². The molecular formula is C26H22N2O4. The average molecular weight is 426 g/mol. The minimum Gasteiger partial charge on any atom is -0.494 e. The molecule has 0 aliphatic carbocycles. The molecular weight excluding hydrogens is 404 g/mol. The Morgan fingerprint density at radius 1 is 0.906 bits per heavy atom. The number of benzene rings is 3. The van der Waals surface area contributed by atoms with Gasteiger partial charge in [-0.05, 0) is 55.5 Å². The van der Waals surface area contributed by atoms with Crippen LogP contribution in [0.5, 0.6) is 5.75 Å². The van der Waals surface area contributed by atoms with Gasteiger partial charge in [-0.15, -0.1) is 0 Å². The second-order valence-corrected chi connectivity index (χ2v) is 7.02. The molecule has 1 aromatic heterocycles. The van der Waals surface area contributed by atoms with Crippen molar-refractivity contribution >= 4 is 28.5 Å². The number of methoxy groups -OCH3 is 1. The summed E-state index contributed by atoms with van der Waals surface area (Å²) < 4.78 is 10.3. The Bertz CT molecular complexity index is 1280. The van der Waals surface area contributed by atoms with Gasteiger partial charge in [0.2, 0.25) is 0 Å². The van der Waals surface area contributed by atoms with Crippen molar-refractivity contribution in [2.75, 3.05) is 19.0 Å². The molecule has 0 aliphatic heterocycles. The van der Waals surface area contributed by atoms with E-state index in [1.807, 2.05) is 55.5 Å². The van der Waals surface area contributed by atoms with Crippen molar-refractivity contribution in [3.05, 3.63) is 90.0 Å². The third-order valence-electron chi connectivity index (χ3n) is 5.00. The van der Waals surface area contributed by atoms with Crippen LogP contribution in [-0.2, 0) is 4.74 Å². The fourth-order valence-corrected chi connectivity index (χ4v) is 3.47. The number of para-hydroxylation sites is 2. The van der Waals surface area contributed by atoms with Crippen molar-refractivity contribution in [1.82, 2.24) is 4.98 Å². The molecule has 4 aromatic rings. The number of carbonyl (C=O) groups is 2. The number of anilines is 1. The number of fused-ring (bicyclic) bond motifs is 1. The summed E-state index contributed by atoms with van der Waals surface area (Å²) in [5.74, 6) is -0.0860. The summed E-state index contributed by atoms with van der Waals surface area (Å²) in [5.41, 5.74) is 3.35. The average Bonchev–Trinajstić information content (AvgIpc) is 2.84. The topological polar surface area (TPSA) is 77.5 Å². The van der Waals surface area contributed by atoms with E-state index in [0.29, 0.717) is 29.1 Å². The van der Waals surface area contributed by atoms with Crippen LogP contribution in [0.1, 0.15) is 27.6 Å². The first-order valence-electron chi connectivity index (χ1n) is 10.2. The molecule has 0 radical (unpaired) electrons. The predicted molar refractivity (Wildman–Crippen MR) is 124 cm³/mol. The van der Waals surface area contributed by atoms with Crippen LogP contribution in [-0.4, -0.2) is 30.6 Å². The second kappa shape index (κ2) is 9.31. The highest BCUT2D eigenvalue weighted by molar-refractivity contribution is 6.14. The van der Waals surface area contributed by atoms with E-state index in [0.717, 1.165) is 16.7 Å². The number of nitrogens with zero attached hydrogens (tertiary/aromatic N) is 1. The van der Waals surface area contributed by atoms with Gasteiger partial charge in [0, 0.05) is 10.9 Å². The lowest BCUT2D eigenvalue weighted by atomic mass is 10.0. The number of amides is 1. The van der Waals surface area contributed by atoms with Gasteiger partial charge >= 0.3 is 5.97 Å². The third kappa shape index (κ3) is 4.30. The highest BCUT2D eigenvalue weighted by Gasteiger charge is 2.17. The second-order valence-electron chi connectivity index (χ2n) is 7.02. The number of carbonyl (C=O) groups excluding carboxylic acids is 2. The number of nitrogens with one attached hydrogen (secondary N) is 1. The van der Waals surface area contributed by atoms with Gasteiger partial charge in [-0.25, -0.2) is 9.78 Å². The predicted octanol–water partition coefficient (Wildman–Crippen LogP) is 5.34. The first kappa shape index (κ1) is 21.1. The minimum atomic E-state index is -0.518. The highest BCUT2D eigenvalue weighted by atomic mass is 16.5. The number of aromatic nitrogens is 1. The fourth-order valence-electron chi connectivity index (χ4n) is 3.47. The van der Waals surface area contributed by atoms with Crippen molar-refractivity contribution in [3.63, 3.8) is 0 Å². The maximum Gasteiger partial charge on any atom is 0.339 e. The maximum absolute atomic E-state index is 13.3. The molecule has 0 unspecified atom stereocenters. The molecule has 6 nitrogen and oxygen atoms in total. The molecule has 1 amide bonds. The summed E-state index contributed by atoms with van der Waals surface area (Å²) in [6.07, 6.45) is 0. The van der Waals surface area contributed by atoms with Crippen molar-refractivity contribution < 1.29 is 19.1 Å². The van der Waals surface area contributed by atoms with Gasteiger partial charge in [-0.3, -0.25) is 4.79 Å². The number of esters is 1. The van der Waals surface area contributed by atoms with Gasteiger partial charge in [0.1, 0.15) is 5.75 Å². The van der Waals surface area contributed by atoms with Crippen LogP contribution < -0.4 is 10.1 Å². The molecule has 160 valence electrons. The van der Waals surface area contributed by atoms with Crippen LogP contribution in [0.15, 0.2) is 78.9 Å². The van der Waals surface area contributed by atoms with Gasteiger partial charge in [0.05, 0.1) is 41.7 Å². The standard InChI is InChI=1S/C26H22N2O4/c1-3-32-18-14-12-17(13-15-18)24-16-21(19-8-4-6-10-22(19)27-24)25(29)28-23-11-7-5-9-20(23)26(30)31-2/h4-16H,3H2,1-2H3,(H,28,29). The lowest BCUT2D eigenvalue weighted by Crippen LogP contribution is -2.16.